The highest BCUT2D eigenvalue weighted by Crippen LogP contribution is 2.41. The third-order valence-electron chi connectivity index (χ3n) is 4.26. The molecule has 0 saturated carbocycles. The topological polar surface area (TPSA) is 26.0 Å². The fraction of sp³-hybridized carbons (Fsp3) is 0.294. The quantitative estimate of drug-likeness (QED) is 0.587. The summed E-state index contributed by atoms with van der Waals surface area (Å²) >= 11 is 3.13. The second-order valence-corrected chi connectivity index (χ2v) is 6.41. The minimum atomic E-state index is -1.12. The fourth-order valence-electron chi connectivity index (χ4n) is 3.22. The zero-order chi connectivity index (χ0) is 15.0. The lowest BCUT2D eigenvalue weighted by Gasteiger charge is -2.32. The smallest absolute Gasteiger partial charge is 0.145 e. The minimum absolute atomic E-state index is 0.0359. The van der Waals surface area contributed by atoms with E-state index in [4.69, 9.17) is 5.73 Å². The molecule has 1 aliphatic rings. The van der Waals surface area contributed by atoms with Gasteiger partial charge >= 0.3 is 0 Å². The lowest BCUT2D eigenvalue weighted by atomic mass is 9.79. The second-order valence-electron chi connectivity index (χ2n) is 5.55. The van der Waals surface area contributed by atoms with Crippen molar-refractivity contribution < 1.29 is 8.78 Å². The molecule has 2 aromatic carbocycles. The van der Waals surface area contributed by atoms with E-state index in [2.05, 4.69) is 15.9 Å². The molecule has 1 unspecified atom stereocenters. The van der Waals surface area contributed by atoms with Crippen molar-refractivity contribution in [3.8, 4) is 0 Å². The van der Waals surface area contributed by atoms with Crippen LogP contribution in [0.2, 0.25) is 0 Å². The molecule has 0 saturated heterocycles. The van der Waals surface area contributed by atoms with Crippen LogP contribution < -0.4 is 5.73 Å². The second kappa shape index (κ2) is 5.50. The van der Waals surface area contributed by atoms with Crippen molar-refractivity contribution in [1.82, 2.24) is 0 Å². The number of rotatable bonds is 1. The maximum Gasteiger partial charge on any atom is 0.145 e. The van der Waals surface area contributed by atoms with Crippen molar-refractivity contribution in [3.63, 3.8) is 0 Å². The standard InChI is InChI=1S/C17H16BrF2N/c18-13-8-9-14(19)15(16(13)20)17(21)10-4-3-6-11-5-1-2-7-12(11)17/h1-2,5,7-9H,3-4,6,10,21H2. The van der Waals surface area contributed by atoms with Gasteiger partial charge in [-0.1, -0.05) is 30.7 Å². The molecule has 110 valence electrons. The Kier molecular flexibility index (Phi) is 3.84. The highest BCUT2D eigenvalue weighted by atomic mass is 79.9. The lowest BCUT2D eigenvalue weighted by molar-refractivity contribution is 0.422. The van der Waals surface area contributed by atoms with Gasteiger partial charge in [0.25, 0.3) is 0 Å². The van der Waals surface area contributed by atoms with Crippen molar-refractivity contribution in [1.29, 1.82) is 0 Å². The third-order valence-corrected chi connectivity index (χ3v) is 4.87. The van der Waals surface area contributed by atoms with E-state index >= 15 is 0 Å². The Balaban J connectivity index is 2.28. The minimum Gasteiger partial charge on any atom is -0.318 e. The molecule has 0 bridgehead atoms. The van der Waals surface area contributed by atoms with Crippen LogP contribution in [0.4, 0.5) is 8.78 Å². The Morgan fingerprint density at radius 1 is 1.05 bits per heavy atom. The molecule has 1 aliphatic carbocycles. The average molecular weight is 352 g/mol. The highest BCUT2D eigenvalue weighted by molar-refractivity contribution is 9.10. The van der Waals surface area contributed by atoms with Crippen LogP contribution in [0, 0.1) is 11.6 Å². The number of hydrogen-bond acceptors (Lipinski definition) is 1. The number of hydrogen-bond donors (Lipinski definition) is 1. The van der Waals surface area contributed by atoms with Gasteiger partial charge in [0.05, 0.1) is 10.0 Å². The Hall–Kier alpha value is -1.26. The van der Waals surface area contributed by atoms with Crippen LogP contribution in [-0.2, 0) is 12.0 Å². The number of fused-ring (bicyclic) bond motifs is 1. The van der Waals surface area contributed by atoms with Gasteiger partial charge in [0, 0.05) is 5.56 Å². The fourth-order valence-corrected chi connectivity index (χ4v) is 3.55. The van der Waals surface area contributed by atoms with Crippen molar-refractivity contribution in [2.45, 2.75) is 31.2 Å². The molecule has 0 heterocycles. The molecule has 0 radical (unpaired) electrons. The van der Waals surface area contributed by atoms with Gasteiger partial charge < -0.3 is 5.73 Å². The summed E-state index contributed by atoms with van der Waals surface area (Å²) in [5.74, 6) is -1.19. The normalized spacial score (nSPS) is 21.7. The molecule has 0 fully saturated rings. The predicted molar refractivity (Wildman–Crippen MR) is 83.0 cm³/mol. The van der Waals surface area contributed by atoms with Crippen LogP contribution >= 0.6 is 15.9 Å². The summed E-state index contributed by atoms with van der Waals surface area (Å²) in [6.07, 6.45) is 3.25. The predicted octanol–water partition coefficient (Wildman–Crippen LogP) is 4.66. The Morgan fingerprint density at radius 2 is 1.81 bits per heavy atom. The van der Waals surface area contributed by atoms with Crippen LogP contribution in [0.25, 0.3) is 0 Å². The molecule has 2 aromatic rings. The van der Waals surface area contributed by atoms with E-state index in [0.717, 1.165) is 30.4 Å². The first-order valence-corrected chi connectivity index (χ1v) is 7.84. The maximum absolute atomic E-state index is 14.6. The van der Waals surface area contributed by atoms with Gasteiger partial charge in [0.2, 0.25) is 0 Å². The Morgan fingerprint density at radius 3 is 2.62 bits per heavy atom. The number of nitrogens with two attached hydrogens (primary N) is 1. The summed E-state index contributed by atoms with van der Waals surface area (Å²) in [4.78, 5) is 0. The summed E-state index contributed by atoms with van der Waals surface area (Å²) < 4.78 is 29.1. The van der Waals surface area contributed by atoms with Gasteiger partial charge in [-0.2, -0.15) is 0 Å². The first-order chi connectivity index (χ1) is 10.0. The van der Waals surface area contributed by atoms with Gasteiger partial charge in [0.1, 0.15) is 11.6 Å². The van der Waals surface area contributed by atoms with Gasteiger partial charge in [-0.3, -0.25) is 0 Å². The molecular formula is C17H16BrF2N. The maximum atomic E-state index is 14.6. The SMILES string of the molecule is NC1(c2c(F)ccc(Br)c2F)CCCCc2ccccc21. The first kappa shape index (κ1) is 14.7. The number of aryl methyl sites for hydroxylation is 1. The third kappa shape index (κ3) is 2.40. The van der Waals surface area contributed by atoms with E-state index in [0.29, 0.717) is 6.42 Å². The molecule has 21 heavy (non-hydrogen) atoms. The molecule has 0 amide bonds. The molecule has 1 atom stereocenters. The first-order valence-electron chi connectivity index (χ1n) is 7.05. The van der Waals surface area contributed by atoms with E-state index < -0.39 is 17.2 Å². The molecule has 2 N–H and O–H groups in total. The van der Waals surface area contributed by atoms with Crippen molar-refractivity contribution in [3.05, 3.63) is 69.2 Å². The summed E-state index contributed by atoms with van der Waals surface area (Å²) in [5, 5.41) is 0. The monoisotopic (exact) mass is 351 g/mol. The largest absolute Gasteiger partial charge is 0.318 e. The molecule has 3 rings (SSSR count). The lowest BCUT2D eigenvalue weighted by Crippen LogP contribution is -2.40. The van der Waals surface area contributed by atoms with Crippen molar-refractivity contribution >= 4 is 15.9 Å². The average Bonchev–Trinajstić information content (AvgIpc) is 2.64. The van der Waals surface area contributed by atoms with Gasteiger partial charge in [-0.05, 0) is 58.5 Å². The summed E-state index contributed by atoms with van der Waals surface area (Å²) in [5.41, 5.74) is 7.32. The Bertz CT molecular complexity index is 686. The highest BCUT2D eigenvalue weighted by Gasteiger charge is 2.38. The van der Waals surface area contributed by atoms with Crippen LogP contribution in [-0.4, -0.2) is 0 Å². The van der Waals surface area contributed by atoms with Crippen LogP contribution in [0.1, 0.15) is 36.0 Å². The van der Waals surface area contributed by atoms with Crippen molar-refractivity contribution in [2.24, 2.45) is 5.73 Å². The van der Waals surface area contributed by atoms with E-state index in [1.165, 1.54) is 12.1 Å². The number of halogens is 3. The molecule has 0 aliphatic heterocycles. The van der Waals surface area contributed by atoms with Crippen LogP contribution in [0.5, 0.6) is 0 Å². The molecule has 1 nitrogen and oxygen atoms in total. The van der Waals surface area contributed by atoms with Crippen LogP contribution in [0.15, 0.2) is 40.9 Å². The van der Waals surface area contributed by atoms with Crippen LogP contribution in [0.3, 0.4) is 0 Å². The van der Waals surface area contributed by atoms with E-state index in [1.807, 2.05) is 24.3 Å². The van der Waals surface area contributed by atoms with Crippen molar-refractivity contribution in [2.75, 3.05) is 0 Å². The van der Waals surface area contributed by atoms with Gasteiger partial charge in [0.15, 0.2) is 0 Å². The van der Waals surface area contributed by atoms with E-state index in [9.17, 15) is 8.78 Å². The summed E-state index contributed by atoms with van der Waals surface area (Å²) in [6.45, 7) is 0. The van der Waals surface area contributed by atoms with Gasteiger partial charge in [-0.15, -0.1) is 0 Å². The number of benzene rings is 2. The summed E-state index contributed by atoms with van der Waals surface area (Å²) in [6, 6.07) is 10.3. The van der Waals surface area contributed by atoms with E-state index in [-0.39, 0.29) is 10.0 Å². The summed E-state index contributed by atoms with van der Waals surface area (Å²) in [7, 11) is 0. The zero-order valence-electron chi connectivity index (χ0n) is 11.5. The molecule has 0 spiro atoms. The Labute approximate surface area is 131 Å². The van der Waals surface area contributed by atoms with Gasteiger partial charge in [-0.25, -0.2) is 8.78 Å². The van der Waals surface area contributed by atoms with E-state index in [1.54, 1.807) is 0 Å². The molecular weight excluding hydrogens is 336 g/mol. The molecule has 0 aromatic heterocycles. The molecule has 4 heteroatoms. The zero-order valence-corrected chi connectivity index (χ0v) is 13.1.